The monoisotopic (exact) mass is 364 g/mol. The summed E-state index contributed by atoms with van der Waals surface area (Å²) in [7, 11) is 0. The maximum absolute atomic E-state index is 12.1. The normalized spacial score (nSPS) is 10.3. The van der Waals surface area contributed by atoms with Crippen LogP contribution in [0.3, 0.4) is 0 Å². The van der Waals surface area contributed by atoms with Gasteiger partial charge in [-0.15, -0.1) is 0 Å². The van der Waals surface area contributed by atoms with Gasteiger partial charge in [0.2, 0.25) is 5.91 Å². The van der Waals surface area contributed by atoms with E-state index in [-0.39, 0.29) is 11.8 Å². The lowest BCUT2D eigenvalue weighted by Crippen LogP contribution is -2.38. The number of hydrogen-bond acceptors (Lipinski definition) is 2. The summed E-state index contributed by atoms with van der Waals surface area (Å²) in [5.74, 6) is -0.371. The van der Waals surface area contributed by atoms with E-state index < -0.39 is 0 Å². The van der Waals surface area contributed by atoms with E-state index in [0.717, 1.165) is 11.3 Å². The Morgan fingerprint density at radius 1 is 1.12 bits per heavy atom. The molecular formula is C18H18Cl2N2O2. The molecule has 126 valence electrons. The third-order valence-corrected chi connectivity index (χ3v) is 4.13. The molecular weight excluding hydrogens is 347 g/mol. The van der Waals surface area contributed by atoms with Gasteiger partial charge in [0, 0.05) is 30.7 Å². The second-order valence-electron chi connectivity index (χ2n) is 5.34. The number of nitrogens with zero attached hydrogens (tertiary/aromatic N) is 1. The average molecular weight is 365 g/mol. The molecule has 0 unspecified atom stereocenters. The van der Waals surface area contributed by atoms with Crippen molar-refractivity contribution in [1.29, 1.82) is 0 Å². The molecule has 0 spiro atoms. The van der Waals surface area contributed by atoms with E-state index in [0.29, 0.717) is 28.7 Å². The molecule has 2 aromatic carbocycles. The van der Waals surface area contributed by atoms with Gasteiger partial charge < -0.3 is 10.2 Å². The molecule has 1 N–H and O–H groups in total. The van der Waals surface area contributed by atoms with Gasteiger partial charge in [-0.1, -0.05) is 35.3 Å². The lowest BCUT2D eigenvalue weighted by atomic mass is 10.1. The Labute approximate surface area is 151 Å². The minimum Gasteiger partial charge on any atom is -0.350 e. The van der Waals surface area contributed by atoms with E-state index in [1.807, 2.05) is 6.92 Å². The van der Waals surface area contributed by atoms with Gasteiger partial charge in [0.1, 0.15) is 0 Å². The maximum Gasteiger partial charge on any atom is 0.252 e. The Kier molecular flexibility index (Phi) is 6.23. The van der Waals surface area contributed by atoms with Crippen LogP contribution < -0.4 is 10.2 Å². The summed E-state index contributed by atoms with van der Waals surface area (Å²) < 4.78 is 0. The van der Waals surface area contributed by atoms with Crippen LogP contribution in [-0.2, 0) is 4.79 Å². The molecule has 6 heteroatoms. The second-order valence-corrected chi connectivity index (χ2v) is 6.18. The zero-order valence-electron chi connectivity index (χ0n) is 13.5. The Bertz CT molecular complexity index is 762. The molecule has 0 bridgehead atoms. The third-order valence-electron chi connectivity index (χ3n) is 3.57. The highest BCUT2D eigenvalue weighted by Crippen LogP contribution is 2.23. The van der Waals surface area contributed by atoms with Crippen LogP contribution >= 0.6 is 23.2 Å². The zero-order chi connectivity index (χ0) is 17.7. The molecule has 0 aliphatic rings. The summed E-state index contributed by atoms with van der Waals surface area (Å²) in [6.45, 7) is 4.04. The third kappa shape index (κ3) is 4.49. The van der Waals surface area contributed by atoms with Crippen molar-refractivity contribution in [2.24, 2.45) is 0 Å². The number of halogens is 2. The van der Waals surface area contributed by atoms with Crippen LogP contribution in [0, 0.1) is 6.92 Å². The van der Waals surface area contributed by atoms with Crippen molar-refractivity contribution in [2.45, 2.75) is 13.8 Å². The van der Waals surface area contributed by atoms with E-state index in [9.17, 15) is 9.59 Å². The van der Waals surface area contributed by atoms with E-state index in [2.05, 4.69) is 5.32 Å². The van der Waals surface area contributed by atoms with Gasteiger partial charge in [0.25, 0.3) is 5.91 Å². The van der Waals surface area contributed by atoms with Gasteiger partial charge in [-0.3, -0.25) is 9.59 Å². The number of rotatable bonds is 5. The van der Waals surface area contributed by atoms with Crippen molar-refractivity contribution in [1.82, 2.24) is 5.32 Å². The summed E-state index contributed by atoms with van der Waals surface area (Å²) in [6.07, 6.45) is 0. The predicted octanol–water partition coefficient (Wildman–Crippen LogP) is 4.08. The minimum atomic E-state index is -0.267. The largest absolute Gasteiger partial charge is 0.350 e. The SMILES string of the molecule is CC(=O)N(CCNC(=O)c1ccccc1Cl)c1ccc(Cl)cc1C. The highest BCUT2D eigenvalue weighted by molar-refractivity contribution is 6.33. The van der Waals surface area contributed by atoms with Crippen molar-refractivity contribution in [3.8, 4) is 0 Å². The molecule has 0 aliphatic heterocycles. The van der Waals surface area contributed by atoms with Crippen LogP contribution in [0.2, 0.25) is 10.0 Å². The van der Waals surface area contributed by atoms with Gasteiger partial charge in [0.05, 0.1) is 10.6 Å². The Balaban J connectivity index is 2.04. The highest BCUT2D eigenvalue weighted by Gasteiger charge is 2.15. The van der Waals surface area contributed by atoms with Crippen LogP contribution in [0.1, 0.15) is 22.8 Å². The first kappa shape index (κ1) is 18.3. The van der Waals surface area contributed by atoms with Crippen molar-refractivity contribution in [3.05, 3.63) is 63.6 Å². The van der Waals surface area contributed by atoms with E-state index in [1.165, 1.54) is 6.92 Å². The zero-order valence-corrected chi connectivity index (χ0v) is 15.0. The molecule has 4 nitrogen and oxygen atoms in total. The molecule has 2 rings (SSSR count). The van der Waals surface area contributed by atoms with Gasteiger partial charge in [-0.05, 0) is 42.8 Å². The fourth-order valence-electron chi connectivity index (χ4n) is 2.39. The quantitative estimate of drug-likeness (QED) is 0.868. The van der Waals surface area contributed by atoms with Crippen LogP contribution in [-0.4, -0.2) is 24.9 Å². The predicted molar refractivity (Wildman–Crippen MR) is 98.0 cm³/mol. The van der Waals surface area contributed by atoms with Crippen molar-refractivity contribution >= 4 is 40.7 Å². The molecule has 0 heterocycles. The molecule has 0 radical (unpaired) electrons. The van der Waals surface area contributed by atoms with Gasteiger partial charge >= 0.3 is 0 Å². The van der Waals surface area contributed by atoms with Crippen LogP contribution in [0.5, 0.6) is 0 Å². The molecule has 2 aromatic rings. The minimum absolute atomic E-state index is 0.104. The first-order valence-corrected chi connectivity index (χ1v) is 8.22. The van der Waals surface area contributed by atoms with E-state index in [4.69, 9.17) is 23.2 Å². The summed E-state index contributed by atoms with van der Waals surface area (Å²) in [4.78, 5) is 25.7. The molecule has 0 atom stereocenters. The summed E-state index contributed by atoms with van der Waals surface area (Å²) >= 11 is 12.0. The molecule has 0 aromatic heterocycles. The number of nitrogens with one attached hydrogen (secondary N) is 1. The molecule has 0 saturated heterocycles. The number of carbonyl (C=O) groups is 2. The smallest absolute Gasteiger partial charge is 0.252 e. The summed E-state index contributed by atoms with van der Waals surface area (Å²) in [5.41, 5.74) is 2.09. The number of aryl methyl sites for hydroxylation is 1. The Morgan fingerprint density at radius 3 is 2.46 bits per heavy atom. The first-order valence-electron chi connectivity index (χ1n) is 7.47. The van der Waals surface area contributed by atoms with Crippen molar-refractivity contribution in [3.63, 3.8) is 0 Å². The maximum atomic E-state index is 12.1. The second kappa shape index (κ2) is 8.18. The first-order chi connectivity index (χ1) is 11.4. The van der Waals surface area contributed by atoms with Gasteiger partial charge in [-0.2, -0.15) is 0 Å². The number of benzene rings is 2. The standard InChI is InChI=1S/C18H18Cl2N2O2/c1-12-11-14(19)7-8-17(12)22(13(2)23)10-9-21-18(24)15-5-3-4-6-16(15)20/h3-8,11H,9-10H2,1-2H3,(H,21,24). The number of anilines is 1. The molecule has 0 aliphatic carbocycles. The van der Waals surface area contributed by atoms with E-state index >= 15 is 0 Å². The summed E-state index contributed by atoms with van der Waals surface area (Å²) in [5, 5.41) is 3.80. The van der Waals surface area contributed by atoms with Crippen LogP contribution in [0.15, 0.2) is 42.5 Å². The van der Waals surface area contributed by atoms with E-state index in [1.54, 1.807) is 47.4 Å². The van der Waals surface area contributed by atoms with Crippen LogP contribution in [0.25, 0.3) is 0 Å². The lowest BCUT2D eigenvalue weighted by Gasteiger charge is -2.23. The Morgan fingerprint density at radius 2 is 1.83 bits per heavy atom. The molecule has 0 fully saturated rings. The molecule has 2 amide bonds. The lowest BCUT2D eigenvalue weighted by molar-refractivity contribution is -0.116. The number of hydrogen-bond donors (Lipinski definition) is 1. The highest BCUT2D eigenvalue weighted by atomic mass is 35.5. The van der Waals surface area contributed by atoms with Crippen molar-refractivity contribution in [2.75, 3.05) is 18.0 Å². The van der Waals surface area contributed by atoms with Crippen molar-refractivity contribution < 1.29 is 9.59 Å². The topological polar surface area (TPSA) is 49.4 Å². The fourth-order valence-corrected chi connectivity index (χ4v) is 2.84. The number of carbonyl (C=O) groups excluding carboxylic acids is 2. The molecule has 24 heavy (non-hydrogen) atoms. The fraction of sp³-hybridized carbons (Fsp3) is 0.222. The Hall–Kier alpha value is -2.04. The summed E-state index contributed by atoms with van der Waals surface area (Å²) in [6, 6.07) is 12.2. The van der Waals surface area contributed by atoms with Crippen LogP contribution in [0.4, 0.5) is 5.69 Å². The number of amides is 2. The van der Waals surface area contributed by atoms with Gasteiger partial charge in [0.15, 0.2) is 0 Å². The van der Waals surface area contributed by atoms with Gasteiger partial charge in [-0.25, -0.2) is 0 Å². The molecule has 0 saturated carbocycles. The average Bonchev–Trinajstić information content (AvgIpc) is 2.52.